The predicted octanol–water partition coefficient (Wildman–Crippen LogP) is 4.12. The molecular formula is C19H23N3O3S2. The highest BCUT2D eigenvalue weighted by atomic mass is 32.2. The van der Waals surface area contributed by atoms with Gasteiger partial charge in [0.15, 0.2) is 5.16 Å². The van der Waals surface area contributed by atoms with Crippen LogP contribution in [-0.4, -0.2) is 32.9 Å². The van der Waals surface area contributed by atoms with Crippen molar-refractivity contribution in [1.82, 2.24) is 14.5 Å². The van der Waals surface area contributed by atoms with E-state index >= 15 is 0 Å². The van der Waals surface area contributed by atoms with Gasteiger partial charge < -0.3 is 9.72 Å². The van der Waals surface area contributed by atoms with Crippen molar-refractivity contribution in [2.24, 2.45) is 0 Å². The van der Waals surface area contributed by atoms with Crippen LogP contribution in [0.4, 0.5) is 0 Å². The first-order valence-corrected chi connectivity index (χ1v) is 10.0. The summed E-state index contributed by atoms with van der Waals surface area (Å²) in [5, 5.41) is 0.415. The quantitative estimate of drug-likeness (QED) is 0.323. The molecule has 144 valence electrons. The molecule has 0 atom stereocenters. The molecule has 0 spiro atoms. The summed E-state index contributed by atoms with van der Waals surface area (Å²) in [6.45, 7) is 7.98. The third-order valence-corrected chi connectivity index (χ3v) is 4.86. The van der Waals surface area contributed by atoms with Gasteiger partial charge in [0.1, 0.15) is 4.64 Å². The Labute approximate surface area is 167 Å². The van der Waals surface area contributed by atoms with Crippen LogP contribution in [0.2, 0.25) is 0 Å². The number of aromatic amines is 1. The van der Waals surface area contributed by atoms with Crippen molar-refractivity contribution in [3.8, 4) is 11.3 Å². The molecule has 6 nitrogen and oxygen atoms in total. The van der Waals surface area contributed by atoms with Gasteiger partial charge in [-0.2, -0.15) is 0 Å². The third kappa shape index (κ3) is 5.40. The van der Waals surface area contributed by atoms with E-state index in [1.807, 2.05) is 33.8 Å². The van der Waals surface area contributed by atoms with Crippen molar-refractivity contribution in [3.05, 3.63) is 44.5 Å². The number of carbonyl (C=O) groups is 1. The number of esters is 1. The van der Waals surface area contributed by atoms with E-state index in [0.717, 1.165) is 23.2 Å². The highest BCUT2D eigenvalue weighted by molar-refractivity contribution is 7.99. The molecular weight excluding hydrogens is 382 g/mol. The molecule has 0 aliphatic heterocycles. The van der Waals surface area contributed by atoms with Crippen LogP contribution < -0.4 is 5.56 Å². The van der Waals surface area contributed by atoms with Gasteiger partial charge >= 0.3 is 5.97 Å². The molecule has 0 aromatic carbocycles. The van der Waals surface area contributed by atoms with Gasteiger partial charge in [-0.1, -0.05) is 37.0 Å². The first kappa shape index (κ1) is 21.1. The van der Waals surface area contributed by atoms with Gasteiger partial charge in [-0.15, -0.1) is 0 Å². The van der Waals surface area contributed by atoms with Gasteiger partial charge in [0.25, 0.3) is 5.56 Å². The minimum atomic E-state index is -0.336. The Morgan fingerprint density at radius 2 is 2.15 bits per heavy atom. The van der Waals surface area contributed by atoms with E-state index < -0.39 is 0 Å². The predicted molar refractivity (Wildman–Crippen MR) is 112 cm³/mol. The second kappa shape index (κ2) is 9.66. The SMILES string of the molecule is C/C=C/n1c(SCC(=O)OCCC)nc(-c2c(C)cc(C)[nH]c2=S)cc1=O. The van der Waals surface area contributed by atoms with E-state index in [9.17, 15) is 9.59 Å². The van der Waals surface area contributed by atoms with Crippen molar-refractivity contribution in [2.75, 3.05) is 12.4 Å². The van der Waals surface area contributed by atoms with Crippen LogP contribution in [0.1, 0.15) is 31.5 Å². The average molecular weight is 406 g/mol. The minimum absolute atomic E-state index is 0.0766. The largest absolute Gasteiger partial charge is 0.465 e. The topological polar surface area (TPSA) is 77.0 Å². The van der Waals surface area contributed by atoms with Crippen LogP contribution in [0.25, 0.3) is 17.5 Å². The Morgan fingerprint density at radius 3 is 2.78 bits per heavy atom. The van der Waals surface area contributed by atoms with E-state index in [1.165, 1.54) is 22.4 Å². The van der Waals surface area contributed by atoms with E-state index in [4.69, 9.17) is 17.0 Å². The van der Waals surface area contributed by atoms with Crippen LogP contribution in [0.15, 0.2) is 28.2 Å². The second-order valence-electron chi connectivity index (χ2n) is 5.96. The molecule has 2 rings (SSSR count). The van der Waals surface area contributed by atoms with Gasteiger partial charge in [-0.3, -0.25) is 14.2 Å². The Balaban J connectivity index is 2.48. The Kier molecular flexibility index (Phi) is 7.55. The first-order valence-electron chi connectivity index (χ1n) is 8.63. The van der Waals surface area contributed by atoms with Crippen LogP contribution in [0.3, 0.4) is 0 Å². The molecule has 0 fully saturated rings. The molecule has 0 saturated heterocycles. The lowest BCUT2D eigenvalue weighted by molar-refractivity contribution is -0.140. The molecule has 2 heterocycles. The van der Waals surface area contributed by atoms with Gasteiger partial charge in [-0.25, -0.2) is 4.98 Å². The molecule has 0 aliphatic carbocycles. The highest BCUT2D eigenvalue weighted by Crippen LogP contribution is 2.25. The van der Waals surface area contributed by atoms with E-state index in [1.54, 1.807) is 12.3 Å². The highest BCUT2D eigenvalue weighted by Gasteiger charge is 2.14. The lowest BCUT2D eigenvalue weighted by Gasteiger charge is -2.12. The summed E-state index contributed by atoms with van der Waals surface area (Å²) in [6.07, 6.45) is 4.13. The normalized spacial score (nSPS) is 11.1. The number of hydrogen-bond acceptors (Lipinski definition) is 6. The molecule has 0 bridgehead atoms. The average Bonchev–Trinajstić information content (AvgIpc) is 2.59. The van der Waals surface area contributed by atoms with Crippen molar-refractivity contribution in [3.63, 3.8) is 0 Å². The van der Waals surface area contributed by atoms with Gasteiger partial charge in [0.05, 0.1) is 18.1 Å². The van der Waals surface area contributed by atoms with Crippen LogP contribution in [0.5, 0.6) is 0 Å². The summed E-state index contributed by atoms with van der Waals surface area (Å²) in [7, 11) is 0. The molecule has 27 heavy (non-hydrogen) atoms. The van der Waals surface area contributed by atoms with E-state index in [-0.39, 0.29) is 17.3 Å². The monoisotopic (exact) mass is 405 g/mol. The fraction of sp³-hybridized carbons (Fsp3) is 0.368. The number of ether oxygens (including phenoxy) is 1. The maximum absolute atomic E-state index is 12.6. The lowest BCUT2D eigenvalue weighted by Crippen LogP contribution is -2.19. The molecule has 8 heteroatoms. The third-order valence-electron chi connectivity index (χ3n) is 3.63. The Bertz CT molecular complexity index is 977. The molecule has 0 amide bonds. The summed E-state index contributed by atoms with van der Waals surface area (Å²) in [4.78, 5) is 32.2. The van der Waals surface area contributed by atoms with Crippen molar-refractivity contribution in [2.45, 2.75) is 39.3 Å². The number of nitrogens with zero attached hydrogens (tertiary/aromatic N) is 2. The molecule has 0 saturated carbocycles. The minimum Gasteiger partial charge on any atom is -0.465 e. The van der Waals surface area contributed by atoms with Gasteiger partial charge in [-0.05, 0) is 38.8 Å². The number of thioether (sulfide) groups is 1. The molecule has 0 radical (unpaired) electrons. The van der Waals surface area contributed by atoms with Crippen LogP contribution in [-0.2, 0) is 9.53 Å². The number of allylic oxidation sites excluding steroid dienone is 1. The lowest BCUT2D eigenvalue weighted by atomic mass is 10.1. The molecule has 2 aromatic heterocycles. The second-order valence-corrected chi connectivity index (χ2v) is 7.31. The van der Waals surface area contributed by atoms with Gasteiger partial charge in [0.2, 0.25) is 0 Å². The zero-order valence-electron chi connectivity index (χ0n) is 15.9. The number of hydrogen-bond donors (Lipinski definition) is 1. The fourth-order valence-corrected chi connectivity index (χ4v) is 3.75. The zero-order valence-corrected chi connectivity index (χ0v) is 17.5. The molecule has 1 N–H and O–H groups in total. The maximum atomic E-state index is 12.6. The molecule has 0 aliphatic rings. The summed E-state index contributed by atoms with van der Waals surface area (Å²) >= 11 is 6.60. The van der Waals surface area contributed by atoms with Crippen molar-refractivity contribution in [1.29, 1.82) is 0 Å². The zero-order chi connectivity index (χ0) is 20.0. The van der Waals surface area contributed by atoms with E-state index in [0.29, 0.717) is 22.1 Å². The fourth-order valence-electron chi connectivity index (χ4n) is 2.54. The van der Waals surface area contributed by atoms with Crippen LogP contribution in [0, 0.1) is 18.5 Å². The molecule has 0 unspecified atom stereocenters. The number of carbonyl (C=O) groups excluding carboxylic acids is 1. The summed E-state index contributed by atoms with van der Waals surface area (Å²) in [5.41, 5.74) is 2.85. The summed E-state index contributed by atoms with van der Waals surface area (Å²) in [5.74, 6) is -0.259. The van der Waals surface area contributed by atoms with E-state index in [2.05, 4.69) is 9.97 Å². The standard InChI is InChI=1S/C19H23N3O3S2/c1-5-7-22-15(23)10-14(17-12(3)9-13(4)20-18(17)26)21-19(22)27-11-16(24)25-8-6-2/h5,7,9-10H,6,8,11H2,1-4H3,(H,20,26)/b7-5+. The first-order chi connectivity index (χ1) is 12.9. The van der Waals surface area contributed by atoms with Gasteiger partial charge in [0, 0.05) is 23.5 Å². The Morgan fingerprint density at radius 1 is 1.41 bits per heavy atom. The number of H-pyrrole nitrogens is 1. The van der Waals surface area contributed by atoms with Crippen LogP contribution >= 0.6 is 24.0 Å². The number of aromatic nitrogens is 3. The number of nitrogens with one attached hydrogen (secondary N) is 1. The maximum Gasteiger partial charge on any atom is 0.316 e. The molecule has 2 aromatic rings. The summed E-state index contributed by atoms with van der Waals surface area (Å²) < 4.78 is 7.04. The van der Waals surface area contributed by atoms with Crippen molar-refractivity contribution < 1.29 is 9.53 Å². The number of aryl methyl sites for hydroxylation is 2. The smallest absolute Gasteiger partial charge is 0.316 e. The number of pyridine rings is 1. The Hall–Kier alpha value is -2.19. The summed E-state index contributed by atoms with van der Waals surface area (Å²) in [6, 6.07) is 3.42. The number of rotatable bonds is 7. The van der Waals surface area contributed by atoms with Crippen molar-refractivity contribution >= 4 is 36.1 Å².